The van der Waals surface area contributed by atoms with E-state index in [0.29, 0.717) is 6.54 Å². The Labute approximate surface area is 101 Å². The Morgan fingerprint density at radius 2 is 2.07 bits per heavy atom. The fourth-order valence-corrected chi connectivity index (χ4v) is 1.02. The summed E-state index contributed by atoms with van der Waals surface area (Å²) in [5, 5.41) is 8.70. The Morgan fingerprint density at radius 3 is 2.53 bits per heavy atom. The third kappa shape index (κ3) is 5.57. The van der Waals surface area contributed by atoms with E-state index < -0.39 is 5.97 Å². The summed E-state index contributed by atoms with van der Waals surface area (Å²) < 4.78 is 0. The van der Waals surface area contributed by atoms with Gasteiger partial charge in [-0.25, -0.2) is 4.79 Å². The van der Waals surface area contributed by atoms with Gasteiger partial charge < -0.3 is 10.0 Å². The summed E-state index contributed by atoms with van der Waals surface area (Å²) in [5.74, 6) is -0.914. The SMILES string of the molecule is CN(C)Cc1cc(C(=O)O)ccn1.Cl.Cl. The van der Waals surface area contributed by atoms with Crippen molar-refractivity contribution < 1.29 is 9.90 Å². The molecule has 6 heteroatoms. The molecule has 0 saturated carbocycles. The fraction of sp³-hybridized carbons (Fsp3) is 0.333. The third-order valence-corrected chi connectivity index (χ3v) is 1.54. The van der Waals surface area contributed by atoms with Gasteiger partial charge in [-0.05, 0) is 26.2 Å². The van der Waals surface area contributed by atoms with Crippen molar-refractivity contribution >= 4 is 30.8 Å². The van der Waals surface area contributed by atoms with Crippen molar-refractivity contribution in [3.8, 4) is 0 Å². The van der Waals surface area contributed by atoms with Crippen molar-refractivity contribution in [3.63, 3.8) is 0 Å². The summed E-state index contributed by atoms with van der Waals surface area (Å²) in [6.07, 6.45) is 1.52. The first-order valence-corrected chi connectivity index (χ1v) is 3.92. The molecule has 0 aliphatic carbocycles. The summed E-state index contributed by atoms with van der Waals surface area (Å²) in [6.45, 7) is 0.654. The van der Waals surface area contributed by atoms with Crippen LogP contribution >= 0.6 is 24.8 Å². The first-order chi connectivity index (χ1) is 6.09. The number of carboxylic acid groups (broad SMARTS) is 1. The zero-order valence-electron chi connectivity index (χ0n) is 8.51. The van der Waals surface area contributed by atoms with Crippen LogP contribution in [-0.2, 0) is 6.54 Å². The molecule has 0 amide bonds. The number of rotatable bonds is 3. The van der Waals surface area contributed by atoms with Crippen molar-refractivity contribution in [3.05, 3.63) is 29.6 Å². The molecule has 0 unspecified atom stereocenters. The molecular formula is C9H14Cl2N2O2. The molecule has 0 aliphatic rings. The van der Waals surface area contributed by atoms with Crippen LogP contribution in [-0.4, -0.2) is 35.1 Å². The van der Waals surface area contributed by atoms with Gasteiger partial charge >= 0.3 is 5.97 Å². The third-order valence-electron chi connectivity index (χ3n) is 1.54. The first-order valence-electron chi connectivity index (χ1n) is 3.92. The number of pyridine rings is 1. The van der Waals surface area contributed by atoms with Gasteiger partial charge in [0.15, 0.2) is 0 Å². The maximum atomic E-state index is 10.6. The van der Waals surface area contributed by atoms with Crippen LogP contribution in [0.4, 0.5) is 0 Å². The Hall–Kier alpha value is -0.840. The molecule has 0 spiro atoms. The molecule has 1 heterocycles. The molecule has 0 aromatic carbocycles. The van der Waals surface area contributed by atoms with Crippen LogP contribution in [0.5, 0.6) is 0 Å². The zero-order valence-corrected chi connectivity index (χ0v) is 10.1. The predicted octanol–water partition coefficient (Wildman–Crippen LogP) is 1.69. The Balaban J connectivity index is 0. The predicted molar refractivity (Wildman–Crippen MR) is 63.1 cm³/mol. The van der Waals surface area contributed by atoms with E-state index in [1.807, 2.05) is 19.0 Å². The van der Waals surface area contributed by atoms with E-state index in [0.717, 1.165) is 5.69 Å². The Kier molecular flexibility index (Phi) is 8.24. The molecule has 0 radical (unpaired) electrons. The number of aromatic carboxylic acids is 1. The van der Waals surface area contributed by atoms with Gasteiger partial charge in [0.1, 0.15) is 0 Å². The second kappa shape index (κ2) is 7.45. The van der Waals surface area contributed by atoms with Gasteiger partial charge in [0, 0.05) is 12.7 Å². The highest BCUT2D eigenvalue weighted by Gasteiger charge is 2.04. The van der Waals surface area contributed by atoms with E-state index >= 15 is 0 Å². The van der Waals surface area contributed by atoms with E-state index in [2.05, 4.69) is 4.98 Å². The molecule has 15 heavy (non-hydrogen) atoms. The van der Waals surface area contributed by atoms with Crippen LogP contribution < -0.4 is 0 Å². The maximum Gasteiger partial charge on any atom is 0.335 e. The quantitative estimate of drug-likeness (QED) is 0.890. The standard InChI is InChI=1S/C9H12N2O2.2ClH/c1-11(2)6-8-5-7(9(12)13)3-4-10-8;;/h3-5H,6H2,1-2H3,(H,12,13);2*1H. The minimum absolute atomic E-state index is 0. The Morgan fingerprint density at radius 1 is 1.47 bits per heavy atom. The molecule has 1 aromatic rings. The largest absolute Gasteiger partial charge is 0.478 e. The molecule has 1 aromatic heterocycles. The van der Waals surface area contributed by atoms with E-state index in [9.17, 15) is 4.79 Å². The van der Waals surface area contributed by atoms with Crippen molar-refractivity contribution in [1.82, 2.24) is 9.88 Å². The number of hydrogen-bond donors (Lipinski definition) is 1. The van der Waals surface area contributed by atoms with Gasteiger partial charge in [0.2, 0.25) is 0 Å². The molecule has 4 nitrogen and oxygen atoms in total. The maximum absolute atomic E-state index is 10.6. The van der Waals surface area contributed by atoms with E-state index in [1.165, 1.54) is 12.3 Å². The van der Waals surface area contributed by atoms with Gasteiger partial charge in [0.05, 0.1) is 11.3 Å². The lowest BCUT2D eigenvalue weighted by Crippen LogP contribution is -2.12. The summed E-state index contributed by atoms with van der Waals surface area (Å²) in [7, 11) is 3.82. The van der Waals surface area contributed by atoms with Gasteiger partial charge in [-0.15, -0.1) is 24.8 Å². The van der Waals surface area contributed by atoms with Crippen LogP contribution in [0.15, 0.2) is 18.3 Å². The zero-order chi connectivity index (χ0) is 9.84. The van der Waals surface area contributed by atoms with E-state index in [-0.39, 0.29) is 30.4 Å². The molecule has 1 N–H and O–H groups in total. The molecular weight excluding hydrogens is 239 g/mol. The highest BCUT2D eigenvalue weighted by molar-refractivity contribution is 5.87. The summed E-state index contributed by atoms with van der Waals surface area (Å²) in [4.78, 5) is 16.6. The molecule has 0 atom stereocenters. The number of nitrogens with zero attached hydrogens (tertiary/aromatic N) is 2. The monoisotopic (exact) mass is 252 g/mol. The number of hydrogen-bond acceptors (Lipinski definition) is 3. The van der Waals surface area contributed by atoms with Crippen molar-refractivity contribution in [2.45, 2.75) is 6.54 Å². The normalized spacial score (nSPS) is 9.00. The molecule has 86 valence electrons. The molecule has 0 aliphatic heterocycles. The lowest BCUT2D eigenvalue weighted by atomic mass is 10.2. The fourth-order valence-electron chi connectivity index (χ4n) is 1.02. The van der Waals surface area contributed by atoms with Gasteiger partial charge in [-0.3, -0.25) is 4.98 Å². The molecule has 0 saturated heterocycles. The lowest BCUT2D eigenvalue weighted by molar-refractivity contribution is 0.0696. The average Bonchev–Trinajstić information content (AvgIpc) is 2.03. The van der Waals surface area contributed by atoms with Crippen molar-refractivity contribution in [2.24, 2.45) is 0 Å². The average molecular weight is 253 g/mol. The molecule has 1 rings (SSSR count). The number of aromatic nitrogens is 1. The topological polar surface area (TPSA) is 53.4 Å². The van der Waals surface area contributed by atoms with Gasteiger partial charge in [0.25, 0.3) is 0 Å². The second-order valence-corrected chi connectivity index (χ2v) is 3.08. The smallest absolute Gasteiger partial charge is 0.335 e. The van der Waals surface area contributed by atoms with Gasteiger partial charge in [-0.2, -0.15) is 0 Å². The van der Waals surface area contributed by atoms with Crippen LogP contribution in [0.2, 0.25) is 0 Å². The lowest BCUT2D eigenvalue weighted by Gasteiger charge is -2.08. The highest BCUT2D eigenvalue weighted by atomic mass is 35.5. The second-order valence-electron chi connectivity index (χ2n) is 3.08. The first kappa shape index (κ1) is 16.6. The van der Waals surface area contributed by atoms with Crippen molar-refractivity contribution in [2.75, 3.05) is 14.1 Å². The Bertz CT molecular complexity index is 319. The van der Waals surface area contributed by atoms with E-state index in [4.69, 9.17) is 5.11 Å². The van der Waals surface area contributed by atoms with Crippen LogP contribution in [0.1, 0.15) is 16.1 Å². The summed E-state index contributed by atoms with van der Waals surface area (Å²) in [6, 6.07) is 3.07. The number of carbonyl (C=O) groups is 1. The molecule has 0 bridgehead atoms. The van der Waals surface area contributed by atoms with Crippen LogP contribution in [0, 0.1) is 0 Å². The minimum Gasteiger partial charge on any atom is -0.478 e. The number of halogens is 2. The highest BCUT2D eigenvalue weighted by Crippen LogP contribution is 2.03. The summed E-state index contributed by atoms with van der Waals surface area (Å²) >= 11 is 0. The van der Waals surface area contributed by atoms with Crippen LogP contribution in [0.25, 0.3) is 0 Å². The van der Waals surface area contributed by atoms with Gasteiger partial charge in [-0.1, -0.05) is 0 Å². The number of carboxylic acids is 1. The summed E-state index contributed by atoms with van der Waals surface area (Å²) in [5.41, 5.74) is 1.05. The van der Waals surface area contributed by atoms with Crippen molar-refractivity contribution in [1.29, 1.82) is 0 Å². The minimum atomic E-state index is -0.914. The molecule has 0 fully saturated rings. The van der Waals surface area contributed by atoms with E-state index in [1.54, 1.807) is 6.07 Å². The van der Waals surface area contributed by atoms with Crippen LogP contribution in [0.3, 0.4) is 0 Å².